The first-order chi connectivity index (χ1) is 9.58. The molecule has 0 unspecified atom stereocenters. The minimum atomic E-state index is -1.07. The fourth-order valence-corrected chi connectivity index (χ4v) is 2.26. The molecule has 0 aliphatic rings. The lowest BCUT2D eigenvalue weighted by Gasteiger charge is -1.95. The number of halogens is 1. The van der Waals surface area contributed by atoms with Gasteiger partial charge in [0, 0.05) is 16.2 Å². The summed E-state index contributed by atoms with van der Waals surface area (Å²) in [6.07, 6.45) is 0. The van der Waals surface area contributed by atoms with Crippen molar-refractivity contribution in [2.75, 3.05) is 0 Å². The van der Waals surface area contributed by atoms with Gasteiger partial charge in [-0.15, -0.1) is 0 Å². The summed E-state index contributed by atoms with van der Waals surface area (Å²) in [7, 11) is 0. The Balaban J connectivity index is 2.53. The highest BCUT2D eigenvalue weighted by Crippen LogP contribution is 2.19. The predicted octanol–water partition coefficient (Wildman–Crippen LogP) is 3.19. The van der Waals surface area contributed by atoms with Crippen LogP contribution in [0.15, 0.2) is 53.3 Å². The number of fused-ring (bicyclic) bond motifs is 2. The third kappa shape index (κ3) is 1.82. The van der Waals surface area contributed by atoms with Crippen molar-refractivity contribution < 1.29 is 14.3 Å². The third-order valence-corrected chi connectivity index (χ3v) is 3.27. The van der Waals surface area contributed by atoms with Crippen molar-refractivity contribution in [3.05, 3.63) is 70.1 Å². The summed E-state index contributed by atoms with van der Waals surface area (Å²) in [6.45, 7) is 0. The van der Waals surface area contributed by atoms with Gasteiger partial charge in [0.05, 0.1) is 5.56 Å². The van der Waals surface area contributed by atoms with Crippen molar-refractivity contribution in [2.45, 2.75) is 0 Å². The molecule has 4 heteroatoms. The summed E-state index contributed by atoms with van der Waals surface area (Å²) in [5, 5.41) is 10.3. The molecule has 0 radical (unpaired) electrons. The molecule has 0 saturated heterocycles. The molecule has 0 spiro atoms. The summed E-state index contributed by atoms with van der Waals surface area (Å²) in [4.78, 5) is 23.4. The van der Waals surface area contributed by atoms with Gasteiger partial charge in [-0.1, -0.05) is 24.3 Å². The van der Waals surface area contributed by atoms with Gasteiger partial charge >= 0.3 is 5.97 Å². The number of aromatic carboxylic acids is 1. The van der Waals surface area contributed by atoms with Crippen LogP contribution in [0.2, 0.25) is 0 Å². The average Bonchev–Trinajstić information content (AvgIpc) is 2.57. The van der Waals surface area contributed by atoms with E-state index in [2.05, 4.69) is 0 Å². The lowest BCUT2D eigenvalue weighted by Crippen LogP contribution is -2.01. The van der Waals surface area contributed by atoms with Crippen molar-refractivity contribution in [1.82, 2.24) is 0 Å². The standard InChI is InChI=1S/C16H9FO3/c17-14-3-1-2-13-12(14)7-4-9-8-10(16(19)20)5-6-11(9)15(13)18/h1-8H,(H,19,20). The number of carboxylic acid groups (broad SMARTS) is 1. The Hall–Kier alpha value is -2.75. The molecule has 0 heterocycles. The number of carboxylic acids is 1. The lowest BCUT2D eigenvalue weighted by atomic mass is 10.1. The molecule has 0 saturated carbocycles. The van der Waals surface area contributed by atoms with Crippen LogP contribution in [0.4, 0.5) is 4.39 Å². The highest BCUT2D eigenvalue weighted by atomic mass is 19.1. The van der Waals surface area contributed by atoms with E-state index in [4.69, 9.17) is 5.11 Å². The van der Waals surface area contributed by atoms with Crippen molar-refractivity contribution in [3.8, 4) is 0 Å². The predicted molar refractivity (Wildman–Crippen MR) is 74.6 cm³/mol. The van der Waals surface area contributed by atoms with Crippen LogP contribution in [0, 0.1) is 5.82 Å². The fourth-order valence-electron chi connectivity index (χ4n) is 2.26. The number of hydrogen-bond donors (Lipinski definition) is 1. The van der Waals surface area contributed by atoms with E-state index in [9.17, 15) is 14.0 Å². The number of hydrogen-bond acceptors (Lipinski definition) is 2. The van der Waals surface area contributed by atoms with Gasteiger partial charge < -0.3 is 5.11 Å². The quantitative estimate of drug-likeness (QED) is 0.737. The van der Waals surface area contributed by atoms with Gasteiger partial charge in [-0.05, 0) is 29.7 Å². The molecule has 0 bridgehead atoms. The topological polar surface area (TPSA) is 54.4 Å². The van der Waals surface area contributed by atoms with E-state index in [1.54, 1.807) is 12.1 Å². The molecule has 0 aliphatic heterocycles. The van der Waals surface area contributed by atoms with Gasteiger partial charge in [0.1, 0.15) is 5.82 Å². The Labute approximate surface area is 112 Å². The Morgan fingerprint density at radius 2 is 1.70 bits per heavy atom. The Morgan fingerprint density at radius 3 is 2.45 bits per heavy atom. The van der Waals surface area contributed by atoms with Crippen LogP contribution in [0.1, 0.15) is 10.4 Å². The minimum Gasteiger partial charge on any atom is -0.478 e. The Bertz CT molecular complexity index is 916. The molecule has 98 valence electrons. The fraction of sp³-hybridized carbons (Fsp3) is 0. The maximum absolute atomic E-state index is 13.8. The number of benzene rings is 2. The van der Waals surface area contributed by atoms with E-state index in [0.29, 0.717) is 10.8 Å². The molecule has 0 amide bonds. The second-order valence-corrected chi connectivity index (χ2v) is 4.47. The molecule has 0 atom stereocenters. The Kier molecular flexibility index (Phi) is 2.71. The normalized spacial score (nSPS) is 10.8. The molecular weight excluding hydrogens is 259 g/mol. The van der Waals surface area contributed by atoms with Crippen molar-refractivity contribution >= 4 is 27.5 Å². The zero-order chi connectivity index (χ0) is 14.3. The van der Waals surface area contributed by atoms with Crippen molar-refractivity contribution in [1.29, 1.82) is 0 Å². The summed E-state index contributed by atoms with van der Waals surface area (Å²) in [5.41, 5.74) is -0.218. The second kappa shape index (κ2) is 4.42. The largest absolute Gasteiger partial charge is 0.478 e. The molecule has 3 nitrogen and oxygen atoms in total. The van der Waals surface area contributed by atoms with E-state index in [0.717, 1.165) is 0 Å². The summed E-state index contributed by atoms with van der Waals surface area (Å²) >= 11 is 0. The first-order valence-electron chi connectivity index (χ1n) is 5.96. The average molecular weight is 268 g/mol. The smallest absolute Gasteiger partial charge is 0.335 e. The maximum Gasteiger partial charge on any atom is 0.335 e. The zero-order valence-corrected chi connectivity index (χ0v) is 10.3. The molecule has 0 aliphatic carbocycles. The first-order valence-corrected chi connectivity index (χ1v) is 5.96. The van der Waals surface area contributed by atoms with Gasteiger partial charge in [-0.25, -0.2) is 9.18 Å². The van der Waals surface area contributed by atoms with Crippen LogP contribution in [0.5, 0.6) is 0 Å². The molecule has 3 aromatic rings. The molecule has 20 heavy (non-hydrogen) atoms. The Morgan fingerprint density at radius 1 is 0.950 bits per heavy atom. The molecule has 1 N–H and O–H groups in total. The summed E-state index contributed by atoms with van der Waals surface area (Å²) in [5.74, 6) is -1.54. The highest BCUT2D eigenvalue weighted by Gasteiger charge is 2.08. The molecule has 3 aromatic carbocycles. The van der Waals surface area contributed by atoms with Gasteiger partial charge in [0.15, 0.2) is 5.43 Å². The number of carbonyl (C=O) groups is 1. The number of rotatable bonds is 1. The summed E-state index contributed by atoms with van der Waals surface area (Å²) < 4.78 is 13.8. The van der Waals surface area contributed by atoms with Crippen LogP contribution in [-0.4, -0.2) is 11.1 Å². The van der Waals surface area contributed by atoms with Crippen LogP contribution < -0.4 is 5.43 Å². The third-order valence-electron chi connectivity index (χ3n) is 3.27. The molecule has 0 fully saturated rings. The van der Waals surface area contributed by atoms with Crippen molar-refractivity contribution in [2.24, 2.45) is 0 Å². The van der Waals surface area contributed by atoms with Gasteiger partial charge in [0.2, 0.25) is 0 Å². The molecule has 3 rings (SSSR count). The minimum absolute atomic E-state index is 0.0904. The van der Waals surface area contributed by atoms with E-state index in [1.165, 1.54) is 36.4 Å². The van der Waals surface area contributed by atoms with E-state index < -0.39 is 11.8 Å². The van der Waals surface area contributed by atoms with E-state index >= 15 is 0 Å². The van der Waals surface area contributed by atoms with Crippen LogP contribution in [0.3, 0.4) is 0 Å². The monoisotopic (exact) mass is 268 g/mol. The van der Waals surface area contributed by atoms with Crippen LogP contribution >= 0.6 is 0 Å². The van der Waals surface area contributed by atoms with E-state index in [-0.39, 0.29) is 21.8 Å². The zero-order valence-electron chi connectivity index (χ0n) is 10.3. The van der Waals surface area contributed by atoms with Crippen molar-refractivity contribution in [3.63, 3.8) is 0 Å². The van der Waals surface area contributed by atoms with Gasteiger partial charge in [-0.2, -0.15) is 0 Å². The highest BCUT2D eigenvalue weighted by molar-refractivity contribution is 5.97. The lowest BCUT2D eigenvalue weighted by molar-refractivity contribution is 0.0697. The SMILES string of the molecule is O=C(O)c1ccc2c(=O)c3cccc(F)c3ccc2c1. The molecule has 0 aromatic heterocycles. The van der Waals surface area contributed by atoms with Crippen LogP contribution in [-0.2, 0) is 0 Å². The maximum atomic E-state index is 13.8. The van der Waals surface area contributed by atoms with Gasteiger partial charge in [-0.3, -0.25) is 4.79 Å². The first kappa shape index (κ1) is 12.3. The van der Waals surface area contributed by atoms with Gasteiger partial charge in [0.25, 0.3) is 0 Å². The van der Waals surface area contributed by atoms with E-state index in [1.807, 2.05) is 0 Å². The van der Waals surface area contributed by atoms with Crippen LogP contribution in [0.25, 0.3) is 21.5 Å². The second-order valence-electron chi connectivity index (χ2n) is 4.47. The summed E-state index contributed by atoms with van der Waals surface area (Å²) in [6, 6.07) is 11.6. The molecular formula is C16H9FO3.